The third kappa shape index (κ3) is 11.1. The highest BCUT2D eigenvalue weighted by atomic mass is 16.7. The Hall–Kier alpha value is -5.26. The van der Waals surface area contributed by atoms with Crippen molar-refractivity contribution in [1.29, 1.82) is 0 Å². The molecule has 0 bridgehead atoms. The largest absolute Gasteiger partial charge is 0.509 e. The maximum absolute atomic E-state index is 13.7. The van der Waals surface area contributed by atoms with E-state index >= 15 is 0 Å². The smallest absolute Gasteiger partial charge is 0.444 e. The Bertz CT molecular complexity index is 1810. The lowest BCUT2D eigenvalue weighted by molar-refractivity contribution is -0.0518. The third-order valence-electron chi connectivity index (χ3n) is 8.62. The van der Waals surface area contributed by atoms with Gasteiger partial charge in [-0.25, -0.2) is 19.2 Å². The SMILES string of the molecule is CC(C)(C)OC(=O)O[C@H]1CN(C(=O)OC(C)(C)C)[C@H](Cc2ccc(-c3ccc4c(c3)CN(C(=O)OC(C)(C)C)C4)cc2)[C@@H]1OC(=O)NCc1ccccc1. The molecule has 0 aliphatic carbocycles. The van der Waals surface area contributed by atoms with Crippen molar-refractivity contribution in [3.05, 3.63) is 95.1 Å². The Labute approximate surface area is 318 Å². The van der Waals surface area contributed by atoms with Gasteiger partial charge in [0.15, 0.2) is 12.2 Å². The second kappa shape index (κ2) is 16.0. The van der Waals surface area contributed by atoms with Crippen LogP contribution < -0.4 is 5.32 Å². The fourth-order valence-electron chi connectivity index (χ4n) is 6.31. The molecule has 2 aliphatic rings. The number of carbonyl (C=O) groups excluding carboxylic acids is 4. The van der Waals surface area contributed by atoms with Gasteiger partial charge in [-0.1, -0.05) is 66.7 Å². The van der Waals surface area contributed by atoms with E-state index in [1.54, 1.807) is 46.4 Å². The van der Waals surface area contributed by atoms with Crippen LogP contribution in [0.3, 0.4) is 0 Å². The first-order valence-corrected chi connectivity index (χ1v) is 18.3. The maximum atomic E-state index is 13.7. The number of benzene rings is 3. The fraction of sp³-hybridized carbons (Fsp3) is 0.476. The molecule has 3 aromatic carbocycles. The van der Waals surface area contributed by atoms with Crippen molar-refractivity contribution < 1.29 is 42.9 Å². The summed E-state index contributed by atoms with van der Waals surface area (Å²) in [6.45, 7) is 17.1. The lowest BCUT2D eigenvalue weighted by Gasteiger charge is -2.30. The van der Waals surface area contributed by atoms with Crippen LogP contribution in [0, 0.1) is 0 Å². The second-order valence-corrected chi connectivity index (χ2v) is 16.8. The van der Waals surface area contributed by atoms with E-state index < -0.39 is 53.4 Å². The van der Waals surface area contributed by atoms with E-state index in [9.17, 15) is 19.2 Å². The predicted octanol–water partition coefficient (Wildman–Crippen LogP) is 8.38. The highest BCUT2D eigenvalue weighted by Crippen LogP contribution is 2.32. The lowest BCUT2D eigenvalue weighted by Crippen LogP contribution is -2.46. The number of hydrogen-bond donors (Lipinski definition) is 1. The van der Waals surface area contributed by atoms with E-state index in [1.807, 2.05) is 87.5 Å². The number of amides is 3. The molecule has 0 unspecified atom stereocenters. The van der Waals surface area contributed by atoms with Crippen LogP contribution in [-0.4, -0.2) is 75.8 Å². The molecular weight excluding hydrogens is 690 g/mol. The first-order chi connectivity index (χ1) is 25.2. The van der Waals surface area contributed by atoms with Crippen LogP contribution in [0.4, 0.5) is 19.2 Å². The summed E-state index contributed by atoms with van der Waals surface area (Å²) in [5.74, 6) is 0. The molecule has 3 atom stereocenters. The van der Waals surface area contributed by atoms with E-state index in [-0.39, 0.29) is 25.6 Å². The van der Waals surface area contributed by atoms with E-state index in [0.29, 0.717) is 13.1 Å². The summed E-state index contributed by atoms with van der Waals surface area (Å²) in [7, 11) is 0. The van der Waals surface area contributed by atoms with Crippen molar-refractivity contribution in [2.24, 2.45) is 0 Å². The van der Waals surface area contributed by atoms with Gasteiger partial charge in [-0.05, 0) is 108 Å². The predicted molar refractivity (Wildman–Crippen MR) is 202 cm³/mol. The van der Waals surface area contributed by atoms with Gasteiger partial charge < -0.3 is 29.0 Å². The van der Waals surface area contributed by atoms with Crippen LogP contribution in [0.2, 0.25) is 0 Å². The third-order valence-corrected chi connectivity index (χ3v) is 8.62. The number of nitrogens with zero attached hydrogens (tertiary/aromatic N) is 2. The molecule has 12 nitrogen and oxygen atoms in total. The van der Waals surface area contributed by atoms with Gasteiger partial charge in [0.1, 0.15) is 16.8 Å². The zero-order valence-corrected chi connectivity index (χ0v) is 32.8. The van der Waals surface area contributed by atoms with Crippen molar-refractivity contribution in [1.82, 2.24) is 15.1 Å². The second-order valence-electron chi connectivity index (χ2n) is 16.8. The fourth-order valence-corrected chi connectivity index (χ4v) is 6.31. The molecule has 1 fully saturated rings. The average molecular weight is 744 g/mol. The van der Waals surface area contributed by atoms with Crippen molar-refractivity contribution in [2.45, 2.75) is 123 Å². The molecule has 3 aromatic rings. The van der Waals surface area contributed by atoms with E-state index in [2.05, 4.69) is 11.4 Å². The summed E-state index contributed by atoms with van der Waals surface area (Å²) in [6, 6.07) is 22.7. The number of likely N-dealkylation sites (tertiary alicyclic amines) is 1. The maximum Gasteiger partial charge on any atom is 0.509 e. The molecule has 3 amide bonds. The highest BCUT2D eigenvalue weighted by molar-refractivity contribution is 5.72. The molecule has 0 radical (unpaired) electrons. The van der Waals surface area contributed by atoms with Crippen LogP contribution in [0.5, 0.6) is 0 Å². The van der Waals surface area contributed by atoms with Crippen LogP contribution in [0.15, 0.2) is 72.8 Å². The van der Waals surface area contributed by atoms with E-state index in [4.69, 9.17) is 23.7 Å². The quantitative estimate of drug-likeness (QED) is 0.187. The van der Waals surface area contributed by atoms with Gasteiger partial charge in [0.2, 0.25) is 0 Å². The standard InChI is InChI=1S/C42H53N3O9/c1-40(2,3)52-37(47)44-24-31-20-19-30(22-32(31)25-44)29-17-15-27(16-18-29)21-33-35(51-36(46)43-23-28-13-11-10-12-14-28)34(50-39(49)54-42(7,8)9)26-45(33)38(48)53-41(4,5)6/h10-20,22,33-35H,21,23-26H2,1-9H3,(H,43,46)/t33-,34+,35+/m1/s1. The van der Waals surface area contributed by atoms with Crippen molar-refractivity contribution >= 4 is 24.4 Å². The minimum atomic E-state index is -1.05. The lowest BCUT2D eigenvalue weighted by atomic mass is 9.96. The van der Waals surface area contributed by atoms with Gasteiger partial charge in [-0.2, -0.15) is 0 Å². The molecule has 2 heterocycles. The van der Waals surface area contributed by atoms with Gasteiger partial charge in [-0.15, -0.1) is 0 Å². The molecule has 0 aromatic heterocycles. The number of fused-ring (bicyclic) bond motifs is 1. The number of rotatable bonds is 7. The molecule has 0 spiro atoms. The van der Waals surface area contributed by atoms with Gasteiger partial charge in [-0.3, -0.25) is 9.80 Å². The number of ether oxygens (including phenoxy) is 5. The summed E-state index contributed by atoms with van der Waals surface area (Å²) >= 11 is 0. The Morgan fingerprint density at radius 3 is 1.89 bits per heavy atom. The Morgan fingerprint density at radius 1 is 0.667 bits per heavy atom. The topological polar surface area (TPSA) is 133 Å². The summed E-state index contributed by atoms with van der Waals surface area (Å²) in [4.78, 5) is 55.7. The molecule has 0 saturated carbocycles. The van der Waals surface area contributed by atoms with Crippen LogP contribution in [-0.2, 0) is 49.7 Å². The van der Waals surface area contributed by atoms with Crippen LogP contribution in [0.25, 0.3) is 11.1 Å². The Kier molecular flexibility index (Phi) is 11.8. The first-order valence-electron chi connectivity index (χ1n) is 18.3. The van der Waals surface area contributed by atoms with Crippen molar-refractivity contribution in [2.75, 3.05) is 6.54 Å². The van der Waals surface area contributed by atoms with E-state index in [1.165, 1.54) is 4.90 Å². The summed E-state index contributed by atoms with van der Waals surface area (Å²) in [5, 5.41) is 2.77. The van der Waals surface area contributed by atoms with Crippen molar-refractivity contribution in [3.63, 3.8) is 0 Å². The summed E-state index contributed by atoms with van der Waals surface area (Å²) in [5.41, 5.74) is 3.60. The Morgan fingerprint density at radius 2 is 1.26 bits per heavy atom. The molecule has 2 aliphatic heterocycles. The van der Waals surface area contributed by atoms with E-state index in [0.717, 1.165) is 33.4 Å². The molecule has 290 valence electrons. The van der Waals surface area contributed by atoms with Gasteiger partial charge in [0.05, 0.1) is 12.6 Å². The number of carbonyl (C=O) groups is 4. The van der Waals surface area contributed by atoms with Crippen LogP contribution >= 0.6 is 0 Å². The highest BCUT2D eigenvalue weighted by Gasteiger charge is 2.50. The normalized spacial score (nSPS) is 18.4. The minimum Gasteiger partial charge on any atom is -0.444 e. The average Bonchev–Trinajstić information content (AvgIpc) is 3.63. The number of hydrogen-bond acceptors (Lipinski definition) is 9. The Balaban J connectivity index is 1.37. The van der Waals surface area contributed by atoms with Gasteiger partial charge in [0, 0.05) is 19.6 Å². The zero-order chi connectivity index (χ0) is 39.4. The molecule has 1 saturated heterocycles. The van der Waals surface area contributed by atoms with Crippen molar-refractivity contribution in [3.8, 4) is 11.1 Å². The van der Waals surface area contributed by atoms with Gasteiger partial charge >= 0.3 is 24.4 Å². The zero-order valence-electron chi connectivity index (χ0n) is 32.8. The molecular formula is C42H53N3O9. The van der Waals surface area contributed by atoms with Gasteiger partial charge in [0.25, 0.3) is 0 Å². The summed E-state index contributed by atoms with van der Waals surface area (Å²) < 4.78 is 28.5. The number of nitrogens with one attached hydrogen (secondary N) is 1. The molecule has 54 heavy (non-hydrogen) atoms. The molecule has 5 rings (SSSR count). The summed E-state index contributed by atoms with van der Waals surface area (Å²) in [6.07, 6.45) is -4.46. The first kappa shape index (κ1) is 39.9. The molecule has 12 heteroatoms. The minimum absolute atomic E-state index is 0.0804. The number of alkyl carbamates (subject to hydrolysis) is 1. The van der Waals surface area contributed by atoms with Crippen LogP contribution in [0.1, 0.15) is 84.6 Å². The molecule has 1 N–H and O–H groups in total. The monoisotopic (exact) mass is 743 g/mol.